The van der Waals surface area contributed by atoms with Crippen molar-refractivity contribution in [3.05, 3.63) is 0 Å². The van der Waals surface area contributed by atoms with E-state index in [1.165, 1.54) is 0 Å². The monoisotopic (exact) mass is 353 g/mol. The Morgan fingerprint density at radius 1 is 1.24 bits per heavy atom. The zero-order valence-electron chi connectivity index (χ0n) is 15.8. The van der Waals surface area contributed by atoms with Crippen LogP contribution >= 0.6 is 0 Å². The molecular weight excluding hydrogens is 318 g/mol. The second-order valence-corrected chi connectivity index (χ2v) is 7.32. The van der Waals surface area contributed by atoms with Crippen LogP contribution in [0.1, 0.15) is 52.4 Å². The molecule has 1 saturated carbocycles. The van der Waals surface area contributed by atoms with Crippen LogP contribution in [0.5, 0.6) is 0 Å². The van der Waals surface area contributed by atoms with Crippen molar-refractivity contribution >= 4 is 11.9 Å². The summed E-state index contributed by atoms with van der Waals surface area (Å²) in [6.07, 6.45) is 5.77. The highest BCUT2D eigenvalue weighted by Gasteiger charge is 2.34. The Bertz CT molecular complexity index is 443. The number of nitrogens with zero attached hydrogens (tertiary/aromatic N) is 2. The largest absolute Gasteiger partial charge is 0.388 e. The van der Waals surface area contributed by atoms with Gasteiger partial charge in [0.1, 0.15) is 0 Å². The molecule has 7 nitrogen and oxygen atoms in total. The zero-order valence-corrected chi connectivity index (χ0v) is 15.8. The summed E-state index contributed by atoms with van der Waals surface area (Å²) in [5.74, 6) is 0.916. The van der Waals surface area contributed by atoms with Gasteiger partial charge < -0.3 is 21.1 Å². The van der Waals surface area contributed by atoms with Crippen molar-refractivity contribution in [3.8, 4) is 0 Å². The van der Waals surface area contributed by atoms with Crippen LogP contribution in [0.25, 0.3) is 0 Å². The lowest BCUT2D eigenvalue weighted by atomic mass is 9.80. The second-order valence-electron chi connectivity index (χ2n) is 7.32. The molecule has 0 spiro atoms. The molecule has 0 aromatic heterocycles. The maximum absolute atomic E-state index is 11.8. The number of rotatable bonds is 8. The van der Waals surface area contributed by atoms with Gasteiger partial charge in [0.05, 0.1) is 18.7 Å². The number of likely N-dealkylation sites (tertiary alicyclic amines) is 1. The molecule has 1 heterocycles. The maximum Gasteiger partial charge on any atom is 0.234 e. The van der Waals surface area contributed by atoms with Crippen molar-refractivity contribution in [1.82, 2.24) is 20.9 Å². The Morgan fingerprint density at radius 2 is 1.96 bits per heavy atom. The predicted octanol–water partition coefficient (Wildman–Crippen LogP) is 0.447. The number of nitrogens with one attached hydrogen (secondary N) is 3. The number of piperidine rings is 1. The third-order valence-electron chi connectivity index (χ3n) is 5.03. The van der Waals surface area contributed by atoms with E-state index in [1.807, 2.05) is 6.92 Å². The van der Waals surface area contributed by atoms with Gasteiger partial charge in [-0.2, -0.15) is 0 Å². The van der Waals surface area contributed by atoms with Crippen molar-refractivity contribution in [3.63, 3.8) is 0 Å². The molecule has 144 valence electrons. The molecule has 7 heteroatoms. The normalized spacial score (nSPS) is 21.5. The predicted molar refractivity (Wildman–Crippen MR) is 101 cm³/mol. The summed E-state index contributed by atoms with van der Waals surface area (Å²) in [5, 5.41) is 19.9. The van der Waals surface area contributed by atoms with Crippen LogP contribution in [0.2, 0.25) is 0 Å². The number of hydrogen-bond acceptors (Lipinski definition) is 4. The van der Waals surface area contributed by atoms with Gasteiger partial charge in [-0.05, 0) is 45.4 Å². The molecule has 0 atom stereocenters. The van der Waals surface area contributed by atoms with E-state index in [4.69, 9.17) is 0 Å². The smallest absolute Gasteiger partial charge is 0.234 e. The van der Waals surface area contributed by atoms with E-state index in [0.717, 1.165) is 70.7 Å². The van der Waals surface area contributed by atoms with Crippen LogP contribution in [-0.2, 0) is 4.79 Å². The highest BCUT2D eigenvalue weighted by atomic mass is 16.3. The van der Waals surface area contributed by atoms with Crippen LogP contribution in [0, 0.1) is 0 Å². The highest BCUT2D eigenvalue weighted by Crippen LogP contribution is 2.31. The molecule has 4 N–H and O–H groups in total. The van der Waals surface area contributed by atoms with Crippen molar-refractivity contribution in [2.45, 2.75) is 64.0 Å². The van der Waals surface area contributed by atoms with E-state index in [0.29, 0.717) is 19.1 Å². The third kappa shape index (κ3) is 6.82. The molecule has 2 aliphatic rings. The first-order valence-electron chi connectivity index (χ1n) is 9.81. The van der Waals surface area contributed by atoms with Crippen LogP contribution in [-0.4, -0.2) is 72.8 Å². The molecule has 2 fully saturated rings. The molecule has 0 radical (unpaired) electrons. The van der Waals surface area contributed by atoms with Crippen LogP contribution < -0.4 is 16.0 Å². The van der Waals surface area contributed by atoms with Crippen LogP contribution in [0.3, 0.4) is 0 Å². The summed E-state index contributed by atoms with van der Waals surface area (Å²) < 4.78 is 0. The lowest BCUT2D eigenvalue weighted by molar-refractivity contribution is -0.122. The summed E-state index contributed by atoms with van der Waals surface area (Å²) in [6, 6.07) is 0.365. The van der Waals surface area contributed by atoms with E-state index in [2.05, 4.69) is 32.8 Å². The Balaban J connectivity index is 1.72. The van der Waals surface area contributed by atoms with E-state index in [1.54, 1.807) is 0 Å². The number of aliphatic imine (C=N–C) groups is 1. The van der Waals surface area contributed by atoms with Crippen molar-refractivity contribution in [2.75, 3.05) is 39.3 Å². The van der Waals surface area contributed by atoms with Crippen molar-refractivity contribution < 1.29 is 9.90 Å². The van der Waals surface area contributed by atoms with E-state index >= 15 is 0 Å². The number of carbonyl (C=O) groups excluding carboxylic acids is 1. The van der Waals surface area contributed by atoms with Crippen molar-refractivity contribution in [1.29, 1.82) is 0 Å². The Hall–Kier alpha value is -1.34. The first-order valence-corrected chi connectivity index (χ1v) is 9.81. The number of hydrogen-bond donors (Lipinski definition) is 4. The summed E-state index contributed by atoms with van der Waals surface area (Å²) in [4.78, 5) is 18.6. The summed E-state index contributed by atoms with van der Waals surface area (Å²) in [6.45, 7) is 8.47. The molecule has 0 aromatic carbocycles. The van der Waals surface area contributed by atoms with Gasteiger partial charge in [0.25, 0.3) is 0 Å². The maximum atomic E-state index is 11.8. The molecule has 1 saturated heterocycles. The Labute approximate surface area is 151 Å². The van der Waals surface area contributed by atoms with E-state index in [-0.39, 0.29) is 5.91 Å². The minimum atomic E-state index is -0.586. The molecule has 1 aliphatic heterocycles. The quantitative estimate of drug-likeness (QED) is 0.376. The summed E-state index contributed by atoms with van der Waals surface area (Å²) in [5.41, 5.74) is -0.586. The topological polar surface area (TPSA) is 89.0 Å². The number of amides is 1. The third-order valence-corrected chi connectivity index (χ3v) is 5.03. The molecule has 0 aromatic rings. The molecule has 0 unspecified atom stereocenters. The fourth-order valence-corrected chi connectivity index (χ4v) is 3.24. The van der Waals surface area contributed by atoms with Gasteiger partial charge >= 0.3 is 0 Å². The number of carbonyl (C=O) groups is 1. The molecular formula is C18H35N5O2. The Morgan fingerprint density at radius 3 is 2.52 bits per heavy atom. The zero-order chi connectivity index (χ0) is 18.1. The van der Waals surface area contributed by atoms with Gasteiger partial charge in [-0.25, -0.2) is 0 Å². The fourth-order valence-electron chi connectivity index (χ4n) is 3.24. The lowest BCUT2D eigenvalue weighted by Gasteiger charge is -2.36. The minimum absolute atomic E-state index is 0.122. The van der Waals surface area contributed by atoms with Gasteiger partial charge in [0, 0.05) is 32.2 Å². The molecule has 2 rings (SSSR count). The SMILES string of the molecule is CCCNC(=O)CN1CCC(NC(=NCC2(O)CCC2)NCC)CC1. The summed E-state index contributed by atoms with van der Waals surface area (Å²) in [7, 11) is 0. The minimum Gasteiger partial charge on any atom is -0.388 e. The molecule has 1 amide bonds. The number of guanidine groups is 1. The van der Waals surface area contributed by atoms with Gasteiger partial charge in [-0.15, -0.1) is 0 Å². The average molecular weight is 354 g/mol. The first-order chi connectivity index (χ1) is 12.0. The first kappa shape index (κ1) is 20.0. The highest BCUT2D eigenvalue weighted by molar-refractivity contribution is 5.80. The Kier molecular flexibility index (Phi) is 7.96. The van der Waals surface area contributed by atoms with Gasteiger partial charge in [-0.1, -0.05) is 6.92 Å². The average Bonchev–Trinajstić information content (AvgIpc) is 2.58. The van der Waals surface area contributed by atoms with Crippen LogP contribution in [0.15, 0.2) is 4.99 Å². The van der Waals surface area contributed by atoms with Gasteiger partial charge in [-0.3, -0.25) is 14.7 Å². The van der Waals surface area contributed by atoms with E-state index in [9.17, 15) is 9.90 Å². The van der Waals surface area contributed by atoms with Gasteiger partial charge in [0.2, 0.25) is 5.91 Å². The second kappa shape index (κ2) is 9.97. The standard InChI is InChI=1S/C18H35N5O2/c1-3-10-20-16(24)13-23-11-6-15(7-12-23)22-17(19-4-2)21-14-18(25)8-5-9-18/h15,25H,3-14H2,1-2H3,(H,20,24)(H2,19,21,22). The molecule has 25 heavy (non-hydrogen) atoms. The van der Waals surface area contributed by atoms with E-state index < -0.39 is 5.60 Å². The number of aliphatic hydroxyl groups is 1. The van der Waals surface area contributed by atoms with Crippen LogP contribution in [0.4, 0.5) is 0 Å². The van der Waals surface area contributed by atoms with Gasteiger partial charge in [0.15, 0.2) is 5.96 Å². The van der Waals surface area contributed by atoms with Crippen molar-refractivity contribution in [2.24, 2.45) is 4.99 Å². The molecule has 1 aliphatic carbocycles. The summed E-state index contributed by atoms with van der Waals surface area (Å²) >= 11 is 0. The molecule has 0 bridgehead atoms. The lowest BCUT2D eigenvalue weighted by Crippen LogP contribution is -2.50. The fraction of sp³-hybridized carbons (Fsp3) is 0.889.